The second-order valence-electron chi connectivity index (χ2n) is 3.28. The van der Waals surface area contributed by atoms with Crippen LogP contribution in [-0.4, -0.2) is 35.9 Å². The summed E-state index contributed by atoms with van der Waals surface area (Å²) in [5, 5.41) is 2.67. The van der Waals surface area contributed by atoms with Crippen molar-refractivity contribution < 1.29 is 9.59 Å². The summed E-state index contributed by atoms with van der Waals surface area (Å²) >= 11 is 0. The lowest BCUT2D eigenvalue weighted by Gasteiger charge is -2.17. The summed E-state index contributed by atoms with van der Waals surface area (Å²) in [5.41, 5.74) is -0.872. The highest BCUT2D eigenvalue weighted by atomic mass is 16.2. The number of hydrogen-bond acceptors (Lipinski definition) is 2. The fraction of sp³-hybridized carbons (Fsp3) is 0.714. The summed E-state index contributed by atoms with van der Waals surface area (Å²) in [6.45, 7) is 3.27. The molecule has 0 aromatic heterocycles. The second kappa shape index (κ2) is 1.96. The Morgan fingerprint density at radius 1 is 1.00 bits per heavy atom. The van der Waals surface area contributed by atoms with Gasteiger partial charge >= 0.3 is 0 Å². The Bertz CT molecular complexity index is 200. The molecular weight excluding hydrogens is 144 g/mol. The molecule has 62 valence electrons. The van der Waals surface area contributed by atoms with Gasteiger partial charge in [-0.1, -0.05) is 0 Å². The van der Waals surface area contributed by atoms with Crippen LogP contribution in [0.1, 0.15) is 13.8 Å². The van der Waals surface area contributed by atoms with Crippen LogP contribution >= 0.6 is 0 Å². The van der Waals surface area contributed by atoms with Gasteiger partial charge in [0.05, 0.1) is 0 Å². The van der Waals surface area contributed by atoms with E-state index < -0.39 is 5.41 Å². The summed E-state index contributed by atoms with van der Waals surface area (Å²) < 4.78 is 0. The van der Waals surface area contributed by atoms with Crippen LogP contribution in [-0.2, 0) is 9.59 Å². The Morgan fingerprint density at radius 3 is 1.36 bits per heavy atom. The monoisotopic (exact) mass is 156 g/mol. The smallest absolute Gasteiger partial charge is 0.256 e. The Labute approximate surface area is 65.7 Å². The van der Waals surface area contributed by atoms with E-state index >= 15 is 0 Å². The first kappa shape index (κ1) is 8.04. The number of amides is 2. The predicted molar refractivity (Wildman–Crippen MR) is 39.3 cm³/mol. The molecule has 11 heavy (non-hydrogen) atoms. The minimum absolute atomic E-state index is 0.148. The molecule has 0 aromatic carbocycles. The van der Waals surface area contributed by atoms with Crippen molar-refractivity contribution in [3.63, 3.8) is 0 Å². The third-order valence-electron chi connectivity index (χ3n) is 2.11. The maximum Gasteiger partial charge on any atom is 0.256 e. The summed E-state index contributed by atoms with van der Waals surface area (Å²) in [7, 11) is 3.18. The second-order valence-corrected chi connectivity index (χ2v) is 3.28. The van der Waals surface area contributed by atoms with Gasteiger partial charge in [-0.25, -0.2) is 0 Å². The fourth-order valence-corrected chi connectivity index (χ4v) is 1.17. The first-order valence-electron chi connectivity index (χ1n) is 3.45. The van der Waals surface area contributed by atoms with Gasteiger partial charge in [-0.2, -0.15) is 0 Å². The maximum atomic E-state index is 11.3. The third kappa shape index (κ3) is 0.818. The van der Waals surface area contributed by atoms with Gasteiger partial charge in [0.2, 0.25) is 0 Å². The average Bonchev–Trinajstić information content (AvgIpc) is 2.06. The molecule has 1 rings (SSSR count). The lowest BCUT2D eigenvalue weighted by atomic mass is 9.93. The van der Waals surface area contributed by atoms with Gasteiger partial charge in [0.25, 0.3) is 11.8 Å². The highest BCUT2D eigenvalue weighted by Gasteiger charge is 2.48. The molecule has 0 spiro atoms. The fourth-order valence-electron chi connectivity index (χ4n) is 1.17. The molecule has 1 aliphatic heterocycles. The SMILES string of the molecule is CN1C(=O)C(C)(C)C(=O)N1C. The number of carbonyl (C=O) groups excluding carboxylic acids is 2. The Morgan fingerprint density at radius 2 is 1.27 bits per heavy atom. The van der Waals surface area contributed by atoms with Crippen molar-refractivity contribution in [2.75, 3.05) is 14.1 Å². The molecule has 0 aliphatic carbocycles. The van der Waals surface area contributed by atoms with E-state index in [9.17, 15) is 9.59 Å². The molecular formula is C7H12N2O2. The summed E-state index contributed by atoms with van der Waals surface area (Å²) in [5.74, 6) is -0.296. The molecule has 1 heterocycles. The van der Waals surface area contributed by atoms with Gasteiger partial charge in [-0.05, 0) is 13.8 Å². The highest BCUT2D eigenvalue weighted by Crippen LogP contribution is 2.28. The quantitative estimate of drug-likeness (QED) is 0.458. The lowest BCUT2D eigenvalue weighted by molar-refractivity contribution is -0.141. The van der Waals surface area contributed by atoms with Crippen molar-refractivity contribution >= 4 is 11.8 Å². The van der Waals surface area contributed by atoms with Crippen LogP contribution in [0, 0.1) is 5.41 Å². The van der Waals surface area contributed by atoms with E-state index in [1.165, 1.54) is 10.0 Å². The van der Waals surface area contributed by atoms with Crippen LogP contribution in [0.5, 0.6) is 0 Å². The minimum Gasteiger partial charge on any atom is -0.272 e. The molecule has 0 atom stereocenters. The van der Waals surface area contributed by atoms with E-state index in [0.717, 1.165) is 0 Å². The Kier molecular flexibility index (Phi) is 1.44. The molecule has 0 aromatic rings. The molecule has 4 heteroatoms. The molecule has 0 radical (unpaired) electrons. The lowest BCUT2D eigenvalue weighted by Crippen LogP contribution is -2.33. The molecule has 2 amide bonds. The van der Waals surface area contributed by atoms with Crippen molar-refractivity contribution in [2.24, 2.45) is 5.41 Å². The van der Waals surface area contributed by atoms with Gasteiger partial charge < -0.3 is 0 Å². The molecule has 4 nitrogen and oxygen atoms in total. The van der Waals surface area contributed by atoms with Gasteiger partial charge in [0.15, 0.2) is 0 Å². The van der Waals surface area contributed by atoms with E-state index in [-0.39, 0.29) is 11.8 Å². The number of carbonyl (C=O) groups is 2. The van der Waals surface area contributed by atoms with E-state index in [0.29, 0.717) is 0 Å². The van der Waals surface area contributed by atoms with Crippen LogP contribution in [0.4, 0.5) is 0 Å². The van der Waals surface area contributed by atoms with Gasteiger partial charge in [-0.15, -0.1) is 0 Å². The van der Waals surface area contributed by atoms with E-state index in [1.54, 1.807) is 27.9 Å². The summed E-state index contributed by atoms with van der Waals surface area (Å²) in [4.78, 5) is 22.6. The van der Waals surface area contributed by atoms with Crippen LogP contribution in [0.15, 0.2) is 0 Å². The molecule has 0 saturated carbocycles. The highest BCUT2D eigenvalue weighted by molar-refractivity contribution is 6.08. The van der Waals surface area contributed by atoms with Crippen molar-refractivity contribution in [3.8, 4) is 0 Å². The van der Waals surface area contributed by atoms with Gasteiger partial charge in [-0.3, -0.25) is 19.6 Å². The maximum absolute atomic E-state index is 11.3. The number of rotatable bonds is 0. The first-order valence-corrected chi connectivity index (χ1v) is 3.45. The summed E-state index contributed by atoms with van der Waals surface area (Å²) in [6.07, 6.45) is 0. The van der Waals surface area contributed by atoms with E-state index in [2.05, 4.69) is 0 Å². The van der Waals surface area contributed by atoms with Crippen LogP contribution < -0.4 is 0 Å². The molecule has 0 bridgehead atoms. The zero-order valence-corrected chi connectivity index (χ0v) is 7.21. The van der Waals surface area contributed by atoms with Gasteiger partial charge in [0, 0.05) is 14.1 Å². The normalized spacial score (nSPS) is 23.3. The Balaban J connectivity index is 3.06. The zero-order chi connectivity index (χ0) is 8.81. The topological polar surface area (TPSA) is 40.6 Å². The average molecular weight is 156 g/mol. The van der Waals surface area contributed by atoms with Crippen LogP contribution in [0.2, 0.25) is 0 Å². The van der Waals surface area contributed by atoms with Crippen molar-refractivity contribution in [1.82, 2.24) is 10.0 Å². The van der Waals surface area contributed by atoms with Crippen molar-refractivity contribution in [2.45, 2.75) is 13.8 Å². The van der Waals surface area contributed by atoms with Gasteiger partial charge in [0.1, 0.15) is 5.41 Å². The number of nitrogens with zero attached hydrogens (tertiary/aromatic N) is 2. The van der Waals surface area contributed by atoms with E-state index in [4.69, 9.17) is 0 Å². The Hall–Kier alpha value is -1.06. The standard InChI is InChI=1S/C7H12N2O2/c1-7(2)5(10)8(3)9(4)6(7)11/h1-4H3. The third-order valence-corrected chi connectivity index (χ3v) is 2.11. The first-order chi connectivity index (χ1) is 4.89. The number of hydrazine groups is 1. The summed E-state index contributed by atoms with van der Waals surface area (Å²) in [6, 6.07) is 0. The molecule has 1 fully saturated rings. The van der Waals surface area contributed by atoms with Crippen LogP contribution in [0.25, 0.3) is 0 Å². The number of hydrogen-bond donors (Lipinski definition) is 0. The van der Waals surface area contributed by atoms with Crippen molar-refractivity contribution in [3.05, 3.63) is 0 Å². The molecule has 0 N–H and O–H groups in total. The largest absolute Gasteiger partial charge is 0.272 e. The van der Waals surface area contributed by atoms with E-state index in [1.807, 2.05) is 0 Å². The molecule has 0 unspecified atom stereocenters. The zero-order valence-electron chi connectivity index (χ0n) is 7.21. The molecule has 1 aliphatic rings. The molecule has 1 saturated heterocycles. The minimum atomic E-state index is -0.872. The van der Waals surface area contributed by atoms with Crippen molar-refractivity contribution in [1.29, 1.82) is 0 Å². The van der Waals surface area contributed by atoms with Crippen LogP contribution in [0.3, 0.4) is 0 Å². The predicted octanol–water partition coefficient (Wildman–Crippen LogP) is -0.142.